The van der Waals surface area contributed by atoms with Gasteiger partial charge in [-0.25, -0.2) is 4.79 Å². The molecule has 0 radical (unpaired) electrons. The van der Waals surface area contributed by atoms with Crippen LogP contribution in [0.5, 0.6) is 0 Å². The number of carboxylic acid groups (broad SMARTS) is 1. The van der Waals surface area contributed by atoms with E-state index < -0.39 is 5.97 Å². The Hall–Kier alpha value is -1.13. The molecule has 0 aliphatic heterocycles. The Balaban J connectivity index is 2.26. The minimum absolute atomic E-state index is 0.284. The maximum absolute atomic E-state index is 10.4. The number of hydrogen-bond acceptors (Lipinski definition) is 3. The molecule has 112 valence electrons. The standard InChI is InChI=1S/C16H24O3S/c1-3-4-5-6-7-13(2)19-12-15-9-8-14(20-15)10-11-16(17)18/h8-11,13H,3-7,12H2,1-2H3,(H,17,18). The van der Waals surface area contributed by atoms with Gasteiger partial charge >= 0.3 is 5.97 Å². The van der Waals surface area contributed by atoms with Crippen LogP contribution in [0.4, 0.5) is 0 Å². The molecule has 0 spiro atoms. The number of thiophene rings is 1. The van der Waals surface area contributed by atoms with E-state index in [9.17, 15) is 4.79 Å². The van der Waals surface area contributed by atoms with Crippen molar-refractivity contribution in [1.29, 1.82) is 0 Å². The number of hydrogen-bond donors (Lipinski definition) is 1. The Labute approximate surface area is 125 Å². The van der Waals surface area contributed by atoms with Crippen molar-refractivity contribution in [2.75, 3.05) is 0 Å². The molecule has 1 heterocycles. The van der Waals surface area contributed by atoms with Crippen LogP contribution in [0.1, 0.15) is 55.7 Å². The number of aliphatic carboxylic acids is 1. The van der Waals surface area contributed by atoms with Crippen LogP contribution in [0, 0.1) is 0 Å². The third kappa shape index (κ3) is 7.46. The molecule has 1 unspecified atom stereocenters. The van der Waals surface area contributed by atoms with Crippen molar-refractivity contribution in [3.05, 3.63) is 28.0 Å². The SMILES string of the molecule is CCCCCCC(C)OCc1ccc(C=CC(=O)O)s1. The molecular weight excluding hydrogens is 272 g/mol. The molecule has 1 aromatic rings. The van der Waals surface area contributed by atoms with Crippen LogP contribution >= 0.6 is 11.3 Å². The first-order valence-electron chi connectivity index (χ1n) is 7.23. The van der Waals surface area contributed by atoms with Crippen LogP contribution < -0.4 is 0 Å². The largest absolute Gasteiger partial charge is 0.478 e. The predicted octanol–water partition coefficient (Wildman–Crippen LogP) is 4.72. The first-order chi connectivity index (χ1) is 9.61. The van der Waals surface area contributed by atoms with Crippen molar-refractivity contribution >= 4 is 23.4 Å². The van der Waals surface area contributed by atoms with Gasteiger partial charge in [-0.1, -0.05) is 32.6 Å². The summed E-state index contributed by atoms with van der Waals surface area (Å²) in [4.78, 5) is 12.5. The lowest BCUT2D eigenvalue weighted by Crippen LogP contribution is -2.07. The molecule has 20 heavy (non-hydrogen) atoms. The maximum atomic E-state index is 10.4. The Morgan fingerprint density at radius 2 is 2.20 bits per heavy atom. The summed E-state index contributed by atoms with van der Waals surface area (Å²) in [7, 11) is 0. The van der Waals surface area contributed by atoms with Gasteiger partial charge in [0, 0.05) is 15.8 Å². The molecule has 1 N–H and O–H groups in total. The lowest BCUT2D eigenvalue weighted by Gasteiger charge is -2.11. The zero-order valence-corrected chi connectivity index (χ0v) is 13.1. The average Bonchev–Trinajstić information content (AvgIpc) is 2.87. The molecule has 1 rings (SSSR count). The number of carboxylic acids is 1. The first kappa shape index (κ1) is 16.9. The summed E-state index contributed by atoms with van der Waals surface area (Å²) in [5.41, 5.74) is 0. The van der Waals surface area contributed by atoms with Gasteiger partial charge in [-0.3, -0.25) is 0 Å². The molecule has 0 amide bonds. The second-order valence-electron chi connectivity index (χ2n) is 4.95. The van der Waals surface area contributed by atoms with Crippen molar-refractivity contribution in [1.82, 2.24) is 0 Å². The van der Waals surface area contributed by atoms with Crippen LogP contribution in [-0.2, 0) is 16.1 Å². The quantitative estimate of drug-likeness (QED) is 0.502. The summed E-state index contributed by atoms with van der Waals surface area (Å²) in [6.45, 7) is 4.94. The van der Waals surface area contributed by atoms with Crippen LogP contribution in [-0.4, -0.2) is 17.2 Å². The average molecular weight is 296 g/mol. The van der Waals surface area contributed by atoms with E-state index in [0.29, 0.717) is 6.61 Å². The van der Waals surface area contributed by atoms with E-state index >= 15 is 0 Å². The lowest BCUT2D eigenvalue weighted by molar-refractivity contribution is -0.131. The molecule has 0 aliphatic rings. The van der Waals surface area contributed by atoms with Gasteiger partial charge in [-0.2, -0.15) is 0 Å². The lowest BCUT2D eigenvalue weighted by atomic mass is 10.1. The third-order valence-electron chi connectivity index (χ3n) is 3.05. The van der Waals surface area contributed by atoms with E-state index in [-0.39, 0.29) is 6.10 Å². The molecule has 4 heteroatoms. The third-order valence-corrected chi connectivity index (χ3v) is 4.07. The van der Waals surface area contributed by atoms with E-state index in [1.807, 2.05) is 12.1 Å². The smallest absolute Gasteiger partial charge is 0.328 e. The fraction of sp³-hybridized carbons (Fsp3) is 0.562. The fourth-order valence-electron chi connectivity index (χ4n) is 1.88. The molecule has 1 aromatic heterocycles. The molecule has 1 atom stereocenters. The molecule has 0 fully saturated rings. The predicted molar refractivity (Wildman–Crippen MR) is 84.0 cm³/mol. The van der Waals surface area contributed by atoms with E-state index in [1.165, 1.54) is 25.7 Å². The Kier molecular flexibility index (Phi) is 8.23. The molecule has 0 saturated carbocycles. The van der Waals surface area contributed by atoms with E-state index in [1.54, 1.807) is 17.4 Å². The summed E-state index contributed by atoms with van der Waals surface area (Å²) < 4.78 is 5.82. The Bertz CT molecular complexity index is 423. The van der Waals surface area contributed by atoms with Gasteiger partial charge in [-0.15, -0.1) is 11.3 Å². The molecule has 3 nitrogen and oxygen atoms in total. The highest BCUT2D eigenvalue weighted by molar-refractivity contribution is 7.12. The minimum atomic E-state index is -0.920. The van der Waals surface area contributed by atoms with Crippen molar-refractivity contribution in [3.63, 3.8) is 0 Å². The molecule has 0 bridgehead atoms. The van der Waals surface area contributed by atoms with Gasteiger partial charge in [0.25, 0.3) is 0 Å². The summed E-state index contributed by atoms with van der Waals surface area (Å²) >= 11 is 1.57. The second-order valence-corrected chi connectivity index (χ2v) is 6.15. The van der Waals surface area contributed by atoms with Crippen molar-refractivity contribution in [2.45, 2.75) is 58.7 Å². The van der Waals surface area contributed by atoms with Gasteiger partial charge < -0.3 is 9.84 Å². The van der Waals surface area contributed by atoms with Gasteiger partial charge in [0.15, 0.2) is 0 Å². The highest BCUT2D eigenvalue weighted by Crippen LogP contribution is 2.20. The van der Waals surface area contributed by atoms with Crippen LogP contribution in [0.2, 0.25) is 0 Å². The topological polar surface area (TPSA) is 46.5 Å². The molecule has 0 aliphatic carbocycles. The number of rotatable bonds is 10. The zero-order valence-electron chi connectivity index (χ0n) is 12.3. The zero-order chi connectivity index (χ0) is 14.8. The summed E-state index contributed by atoms with van der Waals surface area (Å²) in [5.74, 6) is -0.920. The number of unbranched alkanes of at least 4 members (excludes halogenated alkanes) is 3. The summed E-state index contributed by atoms with van der Waals surface area (Å²) in [5, 5.41) is 8.57. The monoisotopic (exact) mass is 296 g/mol. The van der Waals surface area contributed by atoms with Crippen LogP contribution in [0.15, 0.2) is 18.2 Å². The molecule has 0 aromatic carbocycles. The molecule has 0 saturated heterocycles. The van der Waals surface area contributed by atoms with E-state index in [4.69, 9.17) is 9.84 Å². The fourth-order valence-corrected chi connectivity index (χ4v) is 2.72. The van der Waals surface area contributed by atoms with Crippen molar-refractivity contribution < 1.29 is 14.6 Å². The van der Waals surface area contributed by atoms with E-state index in [0.717, 1.165) is 22.3 Å². The summed E-state index contributed by atoms with van der Waals surface area (Å²) in [6.07, 6.45) is 9.24. The Morgan fingerprint density at radius 1 is 1.40 bits per heavy atom. The first-order valence-corrected chi connectivity index (χ1v) is 8.04. The van der Waals surface area contributed by atoms with Gasteiger partial charge in [0.2, 0.25) is 0 Å². The highest BCUT2D eigenvalue weighted by Gasteiger charge is 2.04. The second kappa shape index (κ2) is 9.72. The van der Waals surface area contributed by atoms with Crippen LogP contribution in [0.3, 0.4) is 0 Å². The van der Waals surface area contributed by atoms with E-state index in [2.05, 4.69) is 13.8 Å². The van der Waals surface area contributed by atoms with Gasteiger partial charge in [-0.05, 0) is 31.6 Å². The van der Waals surface area contributed by atoms with Crippen LogP contribution in [0.25, 0.3) is 6.08 Å². The minimum Gasteiger partial charge on any atom is -0.478 e. The number of carbonyl (C=O) groups is 1. The van der Waals surface area contributed by atoms with Crippen molar-refractivity contribution in [2.24, 2.45) is 0 Å². The Morgan fingerprint density at radius 3 is 2.90 bits per heavy atom. The summed E-state index contributed by atoms with van der Waals surface area (Å²) in [6, 6.07) is 3.92. The van der Waals surface area contributed by atoms with Gasteiger partial charge in [0.05, 0.1) is 12.7 Å². The highest BCUT2D eigenvalue weighted by atomic mass is 32.1. The number of ether oxygens (including phenoxy) is 1. The maximum Gasteiger partial charge on any atom is 0.328 e. The molecular formula is C16H24O3S. The van der Waals surface area contributed by atoms with Crippen molar-refractivity contribution in [3.8, 4) is 0 Å². The normalized spacial score (nSPS) is 12.9. The van der Waals surface area contributed by atoms with Gasteiger partial charge in [0.1, 0.15) is 0 Å².